The fourth-order valence-electron chi connectivity index (χ4n) is 4.90. The van der Waals surface area contributed by atoms with Crippen molar-refractivity contribution in [1.82, 2.24) is 0 Å². The zero-order chi connectivity index (χ0) is 17.1. The minimum absolute atomic E-state index is 0.140. The maximum absolute atomic E-state index is 11.0. The van der Waals surface area contributed by atoms with Crippen LogP contribution in [0.2, 0.25) is 0 Å². The standard InChI is InChI=1S/C22H22O2/c1-14-15(2)20(24)21(3)19(18(14)23)22(21,16-10-6-4-7-11-16)17-12-8-5-9-13-17/h4-13,19,23-24H,1-3H3/t19-,21-/m1/s1. The molecule has 1 fully saturated rings. The van der Waals surface area contributed by atoms with Gasteiger partial charge in [0.25, 0.3) is 0 Å². The number of aliphatic hydroxyl groups is 2. The molecule has 0 bridgehead atoms. The van der Waals surface area contributed by atoms with Crippen molar-refractivity contribution in [3.63, 3.8) is 0 Å². The highest BCUT2D eigenvalue weighted by Crippen LogP contribution is 2.79. The Morgan fingerprint density at radius 1 is 0.750 bits per heavy atom. The third-order valence-electron chi connectivity index (χ3n) is 6.27. The molecule has 4 rings (SSSR count). The van der Waals surface area contributed by atoms with E-state index in [9.17, 15) is 10.2 Å². The summed E-state index contributed by atoms with van der Waals surface area (Å²) in [4.78, 5) is 0. The molecule has 2 atom stereocenters. The van der Waals surface area contributed by atoms with Crippen LogP contribution in [-0.4, -0.2) is 10.2 Å². The van der Waals surface area contributed by atoms with Crippen molar-refractivity contribution in [2.45, 2.75) is 26.2 Å². The van der Waals surface area contributed by atoms with Crippen LogP contribution in [0.25, 0.3) is 0 Å². The molecule has 0 aromatic heterocycles. The molecule has 0 amide bonds. The zero-order valence-corrected chi connectivity index (χ0v) is 14.2. The van der Waals surface area contributed by atoms with Gasteiger partial charge in [0.15, 0.2) is 0 Å². The van der Waals surface area contributed by atoms with Crippen molar-refractivity contribution in [2.75, 3.05) is 0 Å². The van der Waals surface area contributed by atoms with Crippen LogP contribution in [0.4, 0.5) is 0 Å². The first-order valence-electron chi connectivity index (χ1n) is 8.38. The Kier molecular flexibility index (Phi) is 2.99. The number of rotatable bonds is 2. The number of aliphatic hydroxyl groups excluding tert-OH is 2. The van der Waals surface area contributed by atoms with Gasteiger partial charge in [-0.15, -0.1) is 0 Å². The molecule has 0 radical (unpaired) electrons. The lowest BCUT2D eigenvalue weighted by atomic mass is 9.79. The maximum atomic E-state index is 11.0. The molecule has 2 aliphatic rings. The van der Waals surface area contributed by atoms with Gasteiger partial charge in [-0.25, -0.2) is 0 Å². The van der Waals surface area contributed by atoms with Gasteiger partial charge < -0.3 is 10.2 Å². The van der Waals surface area contributed by atoms with Crippen LogP contribution in [0.15, 0.2) is 83.3 Å². The predicted octanol–water partition coefficient (Wildman–Crippen LogP) is 5.29. The topological polar surface area (TPSA) is 40.5 Å². The number of hydrogen-bond acceptors (Lipinski definition) is 2. The normalized spacial score (nSPS) is 27.9. The van der Waals surface area contributed by atoms with Crippen LogP contribution < -0.4 is 0 Å². The Labute approximate surface area is 142 Å². The second-order valence-corrected chi connectivity index (χ2v) is 7.16. The summed E-state index contributed by atoms with van der Waals surface area (Å²) in [5.74, 6) is 0.662. The fraction of sp³-hybridized carbons (Fsp3) is 0.273. The Morgan fingerprint density at radius 2 is 1.21 bits per heavy atom. The minimum Gasteiger partial charge on any atom is -0.512 e. The average Bonchev–Trinajstić information content (AvgIpc) is 3.22. The third-order valence-corrected chi connectivity index (χ3v) is 6.27. The quantitative estimate of drug-likeness (QED) is 0.790. The molecule has 122 valence electrons. The zero-order valence-electron chi connectivity index (χ0n) is 14.2. The Bertz CT molecular complexity index is 822. The Morgan fingerprint density at radius 3 is 1.67 bits per heavy atom. The van der Waals surface area contributed by atoms with E-state index in [0.717, 1.165) is 22.3 Å². The highest BCUT2D eigenvalue weighted by atomic mass is 16.3. The third kappa shape index (κ3) is 1.51. The molecular weight excluding hydrogens is 296 g/mol. The predicted molar refractivity (Wildman–Crippen MR) is 95.9 cm³/mol. The van der Waals surface area contributed by atoms with Crippen LogP contribution in [0.3, 0.4) is 0 Å². The smallest absolute Gasteiger partial charge is 0.103 e. The van der Waals surface area contributed by atoms with Crippen LogP contribution in [0, 0.1) is 11.3 Å². The van der Waals surface area contributed by atoms with Gasteiger partial charge >= 0.3 is 0 Å². The molecule has 0 heterocycles. The van der Waals surface area contributed by atoms with Crippen molar-refractivity contribution in [3.8, 4) is 0 Å². The van der Waals surface area contributed by atoms with Gasteiger partial charge in [0, 0.05) is 11.3 Å². The maximum Gasteiger partial charge on any atom is 0.103 e. The lowest BCUT2D eigenvalue weighted by Gasteiger charge is -2.25. The second-order valence-electron chi connectivity index (χ2n) is 7.16. The highest BCUT2D eigenvalue weighted by molar-refractivity contribution is 5.64. The fourth-order valence-corrected chi connectivity index (χ4v) is 4.90. The van der Waals surface area contributed by atoms with E-state index in [4.69, 9.17) is 0 Å². The molecular formula is C22H22O2. The number of hydrogen-bond donors (Lipinski definition) is 2. The van der Waals surface area contributed by atoms with Crippen molar-refractivity contribution in [2.24, 2.45) is 11.3 Å². The lowest BCUT2D eigenvalue weighted by molar-refractivity contribution is 0.275. The first-order chi connectivity index (χ1) is 11.5. The molecule has 1 saturated carbocycles. The van der Waals surface area contributed by atoms with E-state index in [1.807, 2.05) is 50.2 Å². The second kappa shape index (κ2) is 4.76. The van der Waals surface area contributed by atoms with Crippen LogP contribution in [0.5, 0.6) is 0 Å². The molecule has 24 heavy (non-hydrogen) atoms. The minimum atomic E-state index is -0.524. The van der Waals surface area contributed by atoms with Crippen molar-refractivity contribution in [3.05, 3.63) is 94.5 Å². The summed E-state index contributed by atoms with van der Waals surface area (Å²) >= 11 is 0. The van der Waals surface area contributed by atoms with E-state index in [1.165, 1.54) is 0 Å². The Hall–Kier alpha value is -2.48. The molecule has 0 saturated heterocycles. The summed E-state index contributed by atoms with van der Waals surface area (Å²) < 4.78 is 0. The van der Waals surface area contributed by atoms with Crippen molar-refractivity contribution >= 4 is 0 Å². The van der Waals surface area contributed by atoms with Crippen LogP contribution in [-0.2, 0) is 5.41 Å². The van der Waals surface area contributed by atoms with Gasteiger partial charge in [0.1, 0.15) is 11.5 Å². The molecule has 2 heteroatoms. The van der Waals surface area contributed by atoms with Crippen molar-refractivity contribution in [1.29, 1.82) is 0 Å². The SMILES string of the molecule is CC1=C(O)[C@H]2C(c3ccccc3)(c3ccccc3)[C@@]2(C)C(O)=C1C. The summed E-state index contributed by atoms with van der Waals surface area (Å²) in [7, 11) is 0. The molecule has 2 nitrogen and oxygen atoms in total. The van der Waals surface area contributed by atoms with E-state index >= 15 is 0 Å². The van der Waals surface area contributed by atoms with Crippen LogP contribution in [0.1, 0.15) is 31.9 Å². The van der Waals surface area contributed by atoms with E-state index in [2.05, 4.69) is 31.2 Å². The summed E-state index contributed by atoms with van der Waals surface area (Å²) in [6.07, 6.45) is 0. The number of allylic oxidation sites excluding steroid dienone is 4. The summed E-state index contributed by atoms with van der Waals surface area (Å²) in [6, 6.07) is 20.5. The van der Waals surface area contributed by atoms with E-state index in [0.29, 0.717) is 11.5 Å². The average molecular weight is 318 g/mol. The lowest BCUT2D eigenvalue weighted by Crippen LogP contribution is -2.20. The molecule has 2 aliphatic carbocycles. The largest absolute Gasteiger partial charge is 0.512 e. The molecule has 0 spiro atoms. The van der Waals surface area contributed by atoms with Gasteiger partial charge in [-0.1, -0.05) is 67.6 Å². The van der Waals surface area contributed by atoms with Gasteiger partial charge in [-0.05, 0) is 36.1 Å². The van der Waals surface area contributed by atoms with Gasteiger partial charge in [-0.3, -0.25) is 0 Å². The Balaban J connectivity index is 2.06. The van der Waals surface area contributed by atoms with Gasteiger partial charge in [0.2, 0.25) is 0 Å². The van der Waals surface area contributed by atoms with Gasteiger partial charge in [0.05, 0.1) is 5.41 Å². The number of benzene rings is 2. The molecule has 0 unspecified atom stereocenters. The van der Waals surface area contributed by atoms with E-state index in [-0.39, 0.29) is 5.92 Å². The van der Waals surface area contributed by atoms with Crippen LogP contribution >= 0.6 is 0 Å². The molecule has 0 aliphatic heterocycles. The van der Waals surface area contributed by atoms with E-state index < -0.39 is 10.8 Å². The molecule has 2 N–H and O–H groups in total. The summed E-state index contributed by atoms with van der Waals surface area (Å²) in [6.45, 7) is 5.85. The summed E-state index contributed by atoms with van der Waals surface area (Å²) in [5, 5.41) is 22.0. The van der Waals surface area contributed by atoms with Gasteiger partial charge in [-0.2, -0.15) is 0 Å². The molecule has 2 aromatic rings. The monoisotopic (exact) mass is 318 g/mol. The highest BCUT2D eigenvalue weighted by Gasteiger charge is 2.80. The molecule has 2 aromatic carbocycles. The first-order valence-corrected chi connectivity index (χ1v) is 8.38. The van der Waals surface area contributed by atoms with E-state index in [1.54, 1.807) is 0 Å². The van der Waals surface area contributed by atoms with Crippen molar-refractivity contribution < 1.29 is 10.2 Å². The first kappa shape index (κ1) is 15.1. The summed E-state index contributed by atoms with van der Waals surface area (Å²) in [5.41, 5.74) is 2.88. The number of fused-ring (bicyclic) bond motifs is 1.